The lowest BCUT2D eigenvalue weighted by molar-refractivity contribution is -0.103. The van der Waals surface area contributed by atoms with Gasteiger partial charge in [0.15, 0.2) is 0 Å². The molecule has 0 amide bonds. The Morgan fingerprint density at radius 1 is 1.45 bits per heavy atom. The molecule has 1 heteroatoms. The molecule has 0 atom stereocenters. The molecule has 0 bridgehead atoms. The normalized spacial score (nSPS) is 9.18. The van der Waals surface area contributed by atoms with Gasteiger partial charge in [-0.3, -0.25) is 4.79 Å². The van der Waals surface area contributed by atoms with E-state index in [0.29, 0.717) is 5.57 Å². The fraction of sp³-hybridized carbons (Fsp3) is 0.100. The highest BCUT2D eigenvalue weighted by molar-refractivity contribution is 6.06. The summed E-state index contributed by atoms with van der Waals surface area (Å²) in [6.07, 6.45) is 0.780. The van der Waals surface area contributed by atoms with Gasteiger partial charge in [-0.1, -0.05) is 30.8 Å². The van der Waals surface area contributed by atoms with Gasteiger partial charge in [-0.25, -0.2) is 0 Å². The van der Waals surface area contributed by atoms with Gasteiger partial charge in [-0.05, 0) is 18.1 Å². The summed E-state index contributed by atoms with van der Waals surface area (Å²) in [5, 5.41) is 0. The molecule has 1 aromatic carbocycles. The number of hydrogen-bond acceptors (Lipinski definition) is 1. The largest absolute Gasteiger partial charge is 0.298 e. The Hall–Kier alpha value is -1.37. The van der Waals surface area contributed by atoms with Crippen LogP contribution in [0, 0.1) is 6.92 Å². The van der Waals surface area contributed by atoms with E-state index in [1.165, 1.54) is 0 Å². The van der Waals surface area contributed by atoms with E-state index in [9.17, 15) is 4.79 Å². The highest BCUT2D eigenvalue weighted by Gasteiger charge is 1.98. The average molecular weight is 146 g/mol. The molecule has 0 saturated heterocycles. The second-order valence-electron chi connectivity index (χ2n) is 2.46. The first-order chi connectivity index (χ1) is 5.25. The molecule has 0 aliphatic rings. The summed E-state index contributed by atoms with van der Waals surface area (Å²) in [4.78, 5) is 10.4. The Kier molecular flexibility index (Phi) is 2.21. The highest BCUT2D eigenvalue weighted by atomic mass is 16.1. The Morgan fingerprint density at radius 3 is 2.64 bits per heavy atom. The van der Waals surface area contributed by atoms with Crippen molar-refractivity contribution in [3.63, 3.8) is 0 Å². The zero-order valence-electron chi connectivity index (χ0n) is 6.50. The zero-order valence-corrected chi connectivity index (χ0v) is 6.50. The summed E-state index contributed by atoms with van der Waals surface area (Å²) in [5.41, 5.74) is 2.57. The second-order valence-corrected chi connectivity index (χ2v) is 2.46. The topological polar surface area (TPSA) is 17.1 Å². The smallest absolute Gasteiger partial charge is 0.150 e. The van der Waals surface area contributed by atoms with Crippen molar-refractivity contribution in [3.8, 4) is 0 Å². The van der Waals surface area contributed by atoms with Crippen LogP contribution in [-0.2, 0) is 4.79 Å². The van der Waals surface area contributed by atoms with Crippen molar-refractivity contribution >= 4 is 11.9 Å². The van der Waals surface area contributed by atoms with Crippen LogP contribution in [0.15, 0.2) is 30.8 Å². The Bertz CT molecular complexity index is 287. The number of allylic oxidation sites excluding steroid dienone is 1. The molecule has 1 nitrogen and oxygen atoms in total. The van der Waals surface area contributed by atoms with Crippen LogP contribution in [0.3, 0.4) is 0 Å². The van der Waals surface area contributed by atoms with Gasteiger partial charge >= 0.3 is 0 Å². The number of rotatable bonds is 2. The molecule has 0 heterocycles. The van der Waals surface area contributed by atoms with E-state index in [1.54, 1.807) is 0 Å². The average Bonchev–Trinajstić information content (AvgIpc) is 2.04. The van der Waals surface area contributed by atoms with Crippen molar-refractivity contribution in [3.05, 3.63) is 42.0 Å². The lowest BCUT2D eigenvalue weighted by Gasteiger charge is -2.01. The van der Waals surface area contributed by atoms with Crippen LogP contribution < -0.4 is 0 Å². The van der Waals surface area contributed by atoms with Gasteiger partial charge in [0.2, 0.25) is 0 Å². The quantitative estimate of drug-likeness (QED) is 0.461. The van der Waals surface area contributed by atoms with E-state index >= 15 is 0 Å². The molecule has 56 valence electrons. The number of aldehydes is 1. The first kappa shape index (κ1) is 7.73. The molecule has 0 aliphatic carbocycles. The third-order valence-corrected chi connectivity index (χ3v) is 1.63. The maximum atomic E-state index is 10.4. The minimum absolute atomic E-state index is 0.545. The SMILES string of the molecule is C=C(C=O)c1ccccc1C. The van der Waals surface area contributed by atoms with Gasteiger partial charge in [0.1, 0.15) is 6.29 Å². The molecule has 11 heavy (non-hydrogen) atoms. The fourth-order valence-electron chi connectivity index (χ4n) is 0.997. The lowest BCUT2D eigenvalue weighted by atomic mass is 10.0. The summed E-state index contributed by atoms with van der Waals surface area (Å²) in [6, 6.07) is 7.70. The maximum Gasteiger partial charge on any atom is 0.150 e. The van der Waals surface area contributed by atoms with Crippen LogP contribution in [0.1, 0.15) is 11.1 Å². The molecule has 1 aromatic rings. The van der Waals surface area contributed by atoms with Crippen molar-refractivity contribution in [1.82, 2.24) is 0 Å². The van der Waals surface area contributed by atoms with Crippen molar-refractivity contribution in [2.75, 3.05) is 0 Å². The molecule has 1 rings (SSSR count). The van der Waals surface area contributed by atoms with E-state index in [4.69, 9.17) is 0 Å². The summed E-state index contributed by atoms with van der Waals surface area (Å²) >= 11 is 0. The van der Waals surface area contributed by atoms with Gasteiger partial charge < -0.3 is 0 Å². The molecule has 0 saturated carbocycles. The predicted octanol–water partition coefficient (Wildman–Crippen LogP) is 2.21. The van der Waals surface area contributed by atoms with Crippen LogP contribution >= 0.6 is 0 Å². The number of benzene rings is 1. The third kappa shape index (κ3) is 1.55. The number of carbonyl (C=O) groups excluding carboxylic acids is 1. The highest BCUT2D eigenvalue weighted by Crippen LogP contribution is 2.13. The number of aryl methyl sites for hydroxylation is 1. The Balaban J connectivity index is 3.13. The monoisotopic (exact) mass is 146 g/mol. The maximum absolute atomic E-state index is 10.4. The van der Waals surface area contributed by atoms with E-state index in [2.05, 4.69) is 6.58 Å². The van der Waals surface area contributed by atoms with E-state index in [-0.39, 0.29) is 0 Å². The standard InChI is InChI=1S/C10H10O/c1-8-5-3-4-6-10(8)9(2)7-11/h3-7H,2H2,1H3. The molecule has 0 radical (unpaired) electrons. The van der Waals surface area contributed by atoms with Crippen molar-refractivity contribution in [2.45, 2.75) is 6.92 Å². The number of carbonyl (C=O) groups is 1. The van der Waals surface area contributed by atoms with E-state index < -0.39 is 0 Å². The fourth-order valence-corrected chi connectivity index (χ4v) is 0.997. The second kappa shape index (κ2) is 3.15. The van der Waals surface area contributed by atoms with E-state index in [0.717, 1.165) is 17.4 Å². The molecular weight excluding hydrogens is 136 g/mol. The Labute approximate surface area is 66.4 Å². The Morgan fingerprint density at radius 2 is 2.09 bits per heavy atom. The van der Waals surface area contributed by atoms with Crippen LogP contribution in [0.25, 0.3) is 5.57 Å². The van der Waals surface area contributed by atoms with Gasteiger partial charge in [-0.15, -0.1) is 0 Å². The van der Waals surface area contributed by atoms with Gasteiger partial charge in [0, 0.05) is 5.57 Å². The van der Waals surface area contributed by atoms with Gasteiger partial charge in [0.25, 0.3) is 0 Å². The predicted molar refractivity (Wildman–Crippen MR) is 46.3 cm³/mol. The minimum Gasteiger partial charge on any atom is -0.298 e. The van der Waals surface area contributed by atoms with Crippen LogP contribution in [0.2, 0.25) is 0 Å². The molecular formula is C10H10O. The first-order valence-corrected chi connectivity index (χ1v) is 3.46. The molecule has 0 fully saturated rings. The lowest BCUT2D eigenvalue weighted by Crippen LogP contribution is -1.86. The first-order valence-electron chi connectivity index (χ1n) is 3.46. The van der Waals surface area contributed by atoms with Crippen molar-refractivity contribution in [1.29, 1.82) is 0 Å². The van der Waals surface area contributed by atoms with Gasteiger partial charge in [0.05, 0.1) is 0 Å². The van der Waals surface area contributed by atoms with Crippen molar-refractivity contribution in [2.24, 2.45) is 0 Å². The summed E-state index contributed by atoms with van der Waals surface area (Å²) < 4.78 is 0. The summed E-state index contributed by atoms with van der Waals surface area (Å²) in [6.45, 7) is 5.60. The molecule has 0 aliphatic heterocycles. The molecule has 0 N–H and O–H groups in total. The summed E-state index contributed by atoms with van der Waals surface area (Å²) in [7, 11) is 0. The molecule has 0 unspecified atom stereocenters. The third-order valence-electron chi connectivity index (χ3n) is 1.63. The molecule has 0 spiro atoms. The zero-order chi connectivity index (χ0) is 8.27. The van der Waals surface area contributed by atoms with E-state index in [1.807, 2.05) is 31.2 Å². The summed E-state index contributed by atoms with van der Waals surface area (Å²) in [5.74, 6) is 0. The van der Waals surface area contributed by atoms with Crippen LogP contribution in [0.4, 0.5) is 0 Å². The van der Waals surface area contributed by atoms with Crippen LogP contribution in [0.5, 0.6) is 0 Å². The van der Waals surface area contributed by atoms with Crippen LogP contribution in [-0.4, -0.2) is 6.29 Å². The number of hydrogen-bond donors (Lipinski definition) is 0. The molecule has 0 aromatic heterocycles. The minimum atomic E-state index is 0.545. The van der Waals surface area contributed by atoms with Crippen molar-refractivity contribution < 1.29 is 4.79 Å². The van der Waals surface area contributed by atoms with Gasteiger partial charge in [-0.2, -0.15) is 0 Å².